The number of hydrogen-bond donors (Lipinski definition) is 1. The van der Waals surface area contributed by atoms with Crippen LogP contribution in [0.2, 0.25) is 0 Å². The molecular weight excluding hydrogens is 465 g/mol. The van der Waals surface area contributed by atoms with Gasteiger partial charge in [0.1, 0.15) is 23.1 Å². The van der Waals surface area contributed by atoms with Gasteiger partial charge < -0.3 is 5.11 Å². The van der Waals surface area contributed by atoms with Crippen LogP contribution in [0.15, 0.2) is 71.8 Å². The molecule has 0 spiro atoms. The summed E-state index contributed by atoms with van der Waals surface area (Å²) in [4.78, 5) is 4.30. The van der Waals surface area contributed by atoms with Gasteiger partial charge in [-0.2, -0.15) is 0 Å². The Morgan fingerprint density at radius 1 is 0.882 bits per heavy atom. The molecule has 0 aliphatic carbocycles. The fourth-order valence-corrected chi connectivity index (χ4v) is 4.20. The topological polar surface area (TPSA) is 72.2 Å². The van der Waals surface area contributed by atoms with Gasteiger partial charge in [-0.05, 0) is 61.4 Å². The summed E-state index contributed by atoms with van der Waals surface area (Å²) in [5.41, 5.74) is -0.977. The molecule has 0 atom stereocenters. The van der Waals surface area contributed by atoms with Crippen molar-refractivity contribution < 1.29 is 26.7 Å². The van der Waals surface area contributed by atoms with Gasteiger partial charge in [0.05, 0.1) is 21.8 Å². The van der Waals surface area contributed by atoms with Crippen molar-refractivity contribution in [3.8, 4) is 28.2 Å². The fraction of sp³-hybridized carbons (Fsp3) is 0.160. The Balaban J connectivity index is 1.88. The lowest BCUT2D eigenvalue weighted by molar-refractivity contribution is 0.0743. The van der Waals surface area contributed by atoms with Crippen molar-refractivity contribution in [3.63, 3.8) is 0 Å². The molecule has 0 amide bonds. The minimum atomic E-state index is -3.45. The molecule has 0 saturated carbocycles. The van der Waals surface area contributed by atoms with Gasteiger partial charge in [-0.15, -0.1) is 0 Å². The number of aromatic nitrogens is 2. The molecule has 0 aliphatic rings. The molecule has 0 radical (unpaired) electrons. The second kappa shape index (κ2) is 8.41. The minimum Gasteiger partial charge on any atom is -0.384 e. The summed E-state index contributed by atoms with van der Waals surface area (Å²) in [7, 11) is -3.45. The SMILES string of the molecule is CC(C)(O)c1cn(-c2ccc(-c3cccc(S(C)(=O)=O)c3)cc2F)c(-c2c(F)cccc2F)n1. The van der Waals surface area contributed by atoms with Crippen molar-refractivity contribution in [1.82, 2.24) is 9.55 Å². The number of nitrogens with zero attached hydrogens (tertiary/aromatic N) is 2. The highest BCUT2D eigenvalue weighted by atomic mass is 32.2. The lowest BCUT2D eigenvalue weighted by Crippen LogP contribution is -2.15. The van der Waals surface area contributed by atoms with Crippen molar-refractivity contribution in [2.24, 2.45) is 0 Å². The largest absolute Gasteiger partial charge is 0.384 e. The zero-order valence-electron chi connectivity index (χ0n) is 18.6. The molecule has 3 aromatic carbocycles. The highest BCUT2D eigenvalue weighted by Crippen LogP contribution is 2.33. The number of halogens is 3. The van der Waals surface area contributed by atoms with E-state index in [2.05, 4.69) is 4.98 Å². The second-order valence-corrected chi connectivity index (χ2v) is 10.5. The van der Waals surface area contributed by atoms with Crippen LogP contribution in [0.25, 0.3) is 28.2 Å². The average molecular weight is 487 g/mol. The molecule has 1 heterocycles. The molecule has 9 heteroatoms. The van der Waals surface area contributed by atoms with Crippen LogP contribution in [-0.4, -0.2) is 29.3 Å². The Labute approximate surface area is 195 Å². The number of aliphatic hydroxyl groups is 1. The van der Waals surface area contributed by atoms with E-state index in [0.29, 0.717) is 11.1 Å². The van der Waals surface area contributed by atoms with Gasteiger partial charge in [-0.25, -0.2) is 26.6 Å². The Hall–Kier alpha value is -3.43. The van der Waals surface area contributed by atoms with E-state index in [4.69, 9.17) is 0 Å². The number of rotatable bonds is 5. The molecule has 4 rings (SSSR count). The van der Waals surface area contributed by atoms with Crippen LogP contribution < -0.4 is 0 Å². The molecule has 1 aromatic heterocycles. The number of sulfone groups is 1. The standard InChI is InChI=1S/C25H21F3N2O3S/c1-25(2,31)22-14-30(24(29-22)23-18(26)8-5-9-19(23)27)21-11-10-16(13-20(21)28)15-6-4-7-17(12-15)34(3,32)33/h4-14,31H,1-3H3. The Bertz CT molecular complexity index is 1490. The zero-order chi connectivity index (χ0) is 24.8. The van der Waals surface area contributed by atoms with Crippen LogP contribution in [0.4, 0.5) is 13.2 Å². The molecule has 0 aliphatic heterocycles. The van der Waals surface area contributed by atoms with Crippen molar-refractivity contribution in [2.75, 3.05) is 6.26 Å². The first-order valence-corrected chi connectivity index (χ1v) is 12.1. The summed E-state index contributed by atoms with van der Waals surface area (Å²) in [6.45, 7) is 2.91. The van der Waals surface area contributed by atoms with Crippen molar-refractivity contribution in [3.05, 3.63) is 90.0 Å². The maximum atomic E-state index is 15.3. The van der Waals surface area contributed by atoms with Gasteiger partial charge in [0.15, 0.2) is 15.7 Å². The highest BCUT2D eigenvalue weighted by molar-refractivity contribution is 7.90. The van der Waals surface area contributed by atoms with Crippen LogP contribution in [0.1, 0.15) is 19.5 Å². The van der Waals surface area contributed by atoms with Crippen molar-refractivity contribution in [2.45, 2.75) is 24.3 Å². The molecule has 0 fully saturated rings. The predicted octanol–water partition coefficient (Wildman–Crippen LogP) is 5.25. The van der Waals surface area contributed by atoms with Crippen molar-refractivity contribution in [1.29, 1.82) is 0 Å². The maximum absolute atomic E-state index is 15.3. The van der Waals surface area contributed by atoms with E-state index >= 15 is 4.39 Å². The molecule has 1 N–H and O–H groups in total. The van der Waals surface area contributed by atoms with E-state index in [9.17, 15) is 22.3 Å². The summed E-state index contributed by atoms with van der Waals surface area (Å²) in [5, 5.41) is 10.4. The number of imidazole rings is 1. The summed E-state index contributed by atoms with van der Waals surface area (Å²) >= 11 is 0. The molecule has 0 bridgehead atoms. The maximum Gasteiger partial charge on any atom is 0.175 e. The molecule has 4 aromatic rings. The second-order valence-electron chi connectivity index (χ2n) is 8.44. The zero-order valence-corrected chi connectivity index (χ0v) is 19.4. The average Bonchev–Trinajstić information content (AvgIpc) is 3.18. The lowest BCUT2D eigenvalue weighted by atomic mass is 10.0. The Morgan fingerprint density at radius 2 is 1.50 bits per heavy atom. The lowest BCUT2D eigenvalue weighted by Gasteiger charge is -2.13. The molecule has 0 unspecified atom stereocenters. The van der Waals surface area contributed by atoms with Crippen LogP contribution in [-0.2, 0) is 15.4 Å². The molecule has 0 saturated heterocycles. The third-order valence-electron chi connectivity index (χ3n) is 5.32. The summed E-state index contributed by atoms with van der Waals surface area (Å²) < 4.78 is 69.4. The van der Waals surface area contributed by atoms with Crippen LogP contribution in [0.5, 0.6) is 0 Å². The Kier molecular flexibility index (Phi) is 5.87. The quantitative estimate of drug-likeness (QED) is 0.418. The minimum absolute atomic E-state index is 0.0522. The normalized spacial score (nSPS) is 12.2. The molecule has 34 heavy (non-hydrogen) atoms. The molecule has 5 nitrogen and oxygen atoms in total. The van der Waals surface area contributed by atoms with E-state index in [1.807, 2.05) is 0 Å². The van der Waals surface area contributed by atoms with Gasteiger partial charge in [-0.3, -0.25) is 4.57 Å². The summed E-state index contributed by atoms with van der Waals surface area (Å²) in [6, 6.07) is 13.6. The Morgan fingerprint density at radius 3 is 2.09 bits per heavy atom. The molecule has 176 valence electrons. The third-order valence-corrected chi connectivity index (χ3v) is 6.43. The smallest absolute Gasteiger partial charge is 0.175 e. The van der Waals surface area contributed by atoms with Crippen LogP contribution in [0.3, 0.4) is 0 Å². The third kappa shape index (κ3) is 4.49. The van der Waals surface area contributed by atoms with E-state index in [-0.39, 0.29) is 22.1 Å². The number of hydrogen-bond acceptors (Lipinski definition) is 4. The van der Waals surface area contributed by atoms with E-state index < -0.39 is 38.5 Å². The van der Waals surface area contributed by atoms with Gasteiger partial charge in [0.2, 0.25) is 0 Å². The van der Waals surface area contributed by atoms with Crippen molar-refractivity contribution >= 4 is 9.84 Å². The predicted molar refractivity (Wildman–Crippen MR) is 123 cm³/mol. The fourth-order valence-electron chi connectivity index (χ4n) is 3.53. The van der Waals surface area contributed by atoms with E-state index in [1.165, 1.54) is 54.9 Å². The highest BCUT2D eigenvalue weighted by Gasteiger charge is 2.26. The van der Waals surface area contributed by atoms with Gasteiger partial charge in [0.25, 0.3) is 0 Å². The summed E-state index contributed by atoms with van der Waals surface area (Å²) in [5.74, 6) is -2.72. The summed E-state index contributed by atoms with van der Waals surface area (Å²) in [6.07, 6.45) is 2.40. The van der Waals surface area contributed by atoms with Gasteiger partial charge in [-0.1, -0.05) is 24.3 Å². The first kappa shape index (κ1) is 23.7. The van der Waals surface area contributed by atoms with Gasteiger partial charge in [0, 0.05) is 12.5 Å². The van der Waals surface area contributed by atoms with Crippen LogP contribution >= 0.6 is 0 Å². The van der Waals surface area contributed by atoms with Crippen LogP contribution in [0, 0.1) is 17.5 Å². The van der Waals surface area contributed by atoms with E-state index in [0.717, 1.165) is 18.4 Å². The first-order valence-electron chi connectivity index (χ1n) is 10.2. The molecular formula is C25H21F3N2O3S. The van der Waals surface area contributed by atoms with E-state index in [1.54, 1.807) is 18.2 Å². The number of benzene rings is 3. The first-order chi connectivity index (χ1) is 15.9. The monoisotopic (exact) mass is 486 g/mol. The van der Waals surface area contributed by atoms with Gasteiger partial charge >= 0.3 is 0 Å².